The molecule has 15 nitrogen and oxygen atoms in total. The van der Waals surface area contributed by atoms with Crippen molar-refractivity contribution in [2.45, 2.75) is 62.3 Å². The number of benzene rings is 4. The Bertz CT molecular complexity index is 2690. The van der Waals surface area contributed by atoms with Crippen LogP contribution in [0.15, 0.2) is 107 Å². The minimum atomic E-state index is -0.997. The average molecular weight is 827 g/mol. The molecular formula is C42H38N10O5S2. The number of amides is 1. The van der Waals surface area contributed by atoms with Gasteiger partial charge in [-0.2, -0.15) is 9.36 Å². The van der Waals surface area contributed by atoms with Crippen molar-refractivity contribution in [3.05, 3.63) is 125 Å². The second-order valence-electron chi connectivity index (χ2n) is 14.1. The van der Waals surface area contributed by atoms with Gasteiger partial charge in [0.25, 0.3) is 0 Å². The van der Waals surface area contributed by atoms with Crippen LogP contribution in [0, 0.1) is 0 Å². The van der Waals surface area contributed by atoms with Crippen molar-refractivity contribution < 1.29 is 24.3 Å². The molecule has 0 saturated carbocycles. The Hall–Kier alpha value is -6.46. The number of tetrazole rings is 2. The largest absolute Gasteiger partial charge is 0.478 e. The maximum absolute atomic E-state index is 13.3. The van der Waals surface area contributed by atoms with Crippen LogP contribution in [0.4, 0.5) is 5.69 Å². The summed E-state index contributed by atoms with van der Waals surface area (Å²) in [5, 5.41) is 34.7. The number of thioether (sulfide) groups is 2. The van der Waals surface area contributed by atoms with Crippen LogP contribution in [-0.4, -0.2) is 91.2 Å². The molecule has 9 rings (SSSR count). The van der Waals surface area contributed by atoms with Gasteiger partial charge < -0.3 is 10.0 Å². The predicted molar refractivity (Wildman–Crippen MR) is 223 cm³/mol. The van der Waals surface area contributed by atoms with Crippen LogP contribution in [0.25, 0.3) is 22.3 Å². The summed E-state index contributed by atoms with van der Waals surface area (Å²) in [7, 11) is 0. The van der Waals surface area contributed by atoms with Gasteiger partial charge in [0.05, 0.1) is 34.0 Å². The highest BCUT2D eigenvalue weighted by atomic mass is 32.2. The zero-order valence-electron chi connectivity index (χ0n) is 32.1. The van der Waals surface area contributed by atoms with Gasteiger partial charge >= 0.3 is 5.97 Å². The van der Waals surface area contributed by atoms with Crippen LogP contribution >= 0.6 is 23.5 Å². The summed E-state index contributed by atoms with van der Waals surface area (Å²) in [6, 6.07) is 29.5. The molecule has 4 aromatic carbocycles. The van der Waals surface area contributed by atoms with E-state index in [9.17, 15) is 19.2 Å². The van der Waals surface area contributed by atoms with Crippen molar-refractivity contribution in [3.8, 4) is 11.4 Å². The van der Waals surface area contributed by atoms with Crippen LogP contribution in [0.2, 0.25) is 0 Å². The number of carboxylic acids is 1. The van der Waals surface area contributed by atoms with E-state index in [0.29, 0.717) is 21.6 Å². The number of anilines is 1. The monoisotopic (exact) mass is 826 g/mol. The van der Waals surface area contributed by atoms with Gasteiger partial charge in [-0.1, -0.05) is 59.9 Å². The quantitative estimate of drug-likeness (QED) is 0.116. The van der Waals surface area contributed by atoms with Gasteiger partial charge in [0.15, 0.2) is 5.78 Å². The number of hydrogen-bond acceptors (Lipinski definition) is 12. The molecule has 0 fully saturated rings. The van der Waals surface area contributed by atoms with E-state index in [0.717, 1.165) is 48.3 Å². The van der Waals surface area contributed by atoms with E-state index in [2.05, 4.69) is 37.1 Å². The third-order valence-corrected chi connectivity index (χ3v) is 12.1. The Kier molecular flexibility index (Phi) is 11.5. The number of nitrogens with zero attached hydrogens (tertiary/aromatic N) is 10. The van der Waals surface area contributed by atoms with Crippen LogP contribution in [0.3, 0.4) is 0 Å². The number of aryl methyl sites for hydroxylation is 1. The molecule has 0 spiro atoms. The average Bonchev–Trinajstić information content (AvgIpc) is 4.06. The molecule has 7 aromatic rings. The molecule has 1 unspecified atom stereocenters. The fourth-order valence-corrected chi connectivity index (χ4v) is 9.05. The van der Waals surface area contributed by atoms with Crippen molar-refractivity contribution in [1.82, 2.24) is 45.0 Å². The second kappa shape index (κ2) is 17.2. The first-order chi connectivity index (χ1) is 28.7. The van der Waals surface area contributed by atoms with Gasteiger partial charge in [0, 0.05) is 28.4 Å². The lowest BCUT2D eigenvalue weighted by molar-refractivity contribution is -0.116. The minimum absolute atomic E-state index is 0.00164. The molecule has 0 bridgehead atoms. The molecule has 17 heteroatoms. The zero-order chi connectivity index (χ0) is 41.0. The van der Waals surface area contributed by atoms with Gasteiger partial charge in [0.2, 0.25) is 22.1 Å². The van der Waals surface area contributed by atoms with E-state index >= 15 is 0 Å². The van der Waals surface area contributed by atoms with Crippen molar-refractivity contribution in [3.63, 3.8) is 0 Å². The lowest BCUT2D eigenvalue weighted by Crippen LogP contribution is -2.37. The number of aromatic nitrogens is 9. The van der Waals surface area contributed by atoms with Crippen LogP contribution in [0.1, 0.15) is 69.0 Å². The van der Waals surface area contributed by atoms with Crippen molar-refractivity contribution in [2.75, 3.05) is 16.4 Å². The van der Waals surface area contributed by atoms with E-state index in [4.69, 9.17) is 5.11 Å². The number of aromatic carboxylic acids is 1. The number of fused-ring (bicyclic) bond motifs is 4. The zero-order valence-corrected chi connectivity index (χ0v) is 33.8. The Morgan fingerprint density at radius 3 is 1.93 bits per heavy atom. The molecule has 1 aliphatic heterocycles. The van der Waals surface area contributed by atoms with E-state index in [-0.39, 0.29) is 40.7 Å². The number of Topliss-reactive ketones (excluding diaryl/α,β-unsaturated/α-hetero) is 1. The summed E-state index contributed by atoms with van der Waals surface area (Å²) in [6.07, 6.45) is 5.08. The molecule has 0 radical (unpaired) electrons. The standard InChI is InChI=1S/C23H21N5O2S.C19H17N5O3S/c1-15(29)16-10-12-17(13-11-16)28-23(24-25-26-28)31-14-22(30)27-20-8-4-2-6-18(20)19-7-3-5-9-21(19)27;1-12-10-14-4-2-3-5-16(14)23(12)17(25)11-28-19-20-21-22-24(19)15-8-6-13(7-9-15)18(26)27/h2,4,6,8,10-13H,3,5,7,9,14H2,1H3;2-9,12H,10-11H2,1H3,(H,26,27). The van der Waals surface area contributed by atoms with Gasteiger partial charge in [-0.25, -0.2) is 4.79 Å². The summed E-state index contributed by atoms with van der Waals surface area (Å²) < 4.78 is 4.97. The first-order valence-corrected chi connectivity index (χ1v) is 21.0. The van der Waals surface area contributed by atoms with Gasteiger partial charge in [-0.3, -0.25) is 19.0 Å². The van der Waals surface area contributed by atoms with Crippen molar-refractivity contribution >= 4 is 63.7 Å². The Balaban J connectivity index is 0.000000165. The highest BCUT2D eigenvalue weighted by Crippen LogP contribution is 2.34. The van der Waals surface area contributed by atoms with Crippen LogP contribution in [0.5, 0.6) is 0 Å². The minimum Gasteiger partial charge on any atom is -0.478 e. The van der Waals surface area contributed by atoms with Crippen LogP contribution < -0.4 is 4.90 Å². The van der Waals surface area contributed by atoms with E-state index in [1.807, 2.05) is 58.9 Å². The lowest BCUT2D eigenvalue weighted by Gasteiger charge is -2.22. The van der Waals surface area contributed by atoms with Gasteiger partial charge in [-0.15, -0.1) is 10.2 Å². The Morgan fingerprint density at radius 1 is 0.712 bits per heavy atom. The molecule has 1 amide bonds. The summed E-state index contributed by atoms with van der Waals surface area (Å²) in [6.45, 7) is 3.57. The predicted octanol–water partition coefficient (Wildman–Crippen LogP) is 6.56. The van der Waals surface area contributed by atoms with Crippen molar-refractivity contribution in [1.29, 1.82) is 0 Å². The number of carbonyl (C=O) groups is 4. The van der Waals surface area contributed by atoms with Gasteiger partial charge in [-0.05, 0) is 139 Å². The number of ketones is 1. The smallest absolute Gasteiger partial charge is 0.335 e. The SMILES string of the molecule is CC(=O)c1ccc(-n2nnnc2SCC(=O)n2c3c(c4ccccc42)CCCC3)cc1.CC1Cc2ccccc2N1C(=O)CSc1nnnn1-c1ccc(C(=O)O)cc1. The van der Waals surface area contributed by atoms with E-state index in [1.165, 1.54) is 70.2 Å². The lowest BCUT2D eigenvalue weighted by atomic mass is 9.96. The molecule has 2 aliphatic rings. The Labute approximate surface area is 346 Å². The van der Waals surface area contributed by atoms with E-state index in [1.54, 1.807) is 41.1 Å². The van der Waals surface area contributed by atoms with Crippen LogP contribution in [-0.2, 0) is 24.1 Å². The topological polar surface area (TPSA) is 184 Å². The number of carbonyl (C=O) groups excluding carboxylic acids is 3. The number of carboxylic acid groups (broad SMARTS) is 1. The second-order valence-corrected chi connectivity index (χ2v) is 16.0. The molecule has 1 N–H and O–H groups in total. The summed E-state index contributed by atoms with van der Waals surface area (Å²) >= 11 is 2.56. The maximum atomic E-state index is 13.3. The number of hydrogen-bond donors (Lipinski definition) is 1. The third-order valence-electron chi connectivity index (χ3n) is 10.3. The summed E-state index contributed by atoms with van der Waals surface area (Å²) in [5.74, 6) is -0.526. The number of para-hydroxylation sites is 2. The highest BCUT2D eigenvalue weighted by molar-refractivity contribution is 8.00. The molecule has 1 atom stereocenters. The third kappa shape index (κ3) is 8.16. The molecule has 1 aliphatic carbocycles. The molecule has 298 valence electrons. The molecule has 3 aromatic heterocycles. The van der Waals surface area contributed by atoms with Gasteiger partial charge in [0.1, 0.15) is 0 Å². The molecule has 0 saturated heterocycles. The fourth-order valence-electron chi connectivity index (χ4n) is 7.56. The fraction of sp³-hybridized carbons (Fsp3) is 0.238. The molecule has 4 heterocycles. The first kappa shape index (κ1) is 39.4. The highest BCUT2D eigenvalue weighted by Gasteiger charge is 2.31. The first-order valence-electron chi connectivity index (χ1n) is 19.0. The summed E-state index contributed by atoms with van der Waals surface area (Å²) in [5.41, 5.74) is 7.78. The van der Waals surface area contributed by atoms with E-state index < -0.39 is 5.97 Å². The maximum Gasteiger partial charge on any atom is 0.335 e. The molecular weight excluding hydrogens is 789 g/mol. The normalized spacial score (nSPS) is 14.3. The molecule has 59 heavy (non-hydrogen) atoms. The number of rotatable bonds is 10. The summed E-state index contributed by atoms with van der Waals surface area (Å²) in [4.78, 5) is 50.4. The Morgan fingerprint density at radius 2 is 1.29 bits per heavy atom. The van der Waals surface area contributed by atoms with Crippen molar-refractivity contribution in [2.24, 2.45) is 0 Å².